The van der Waals surface area contributed by atoms with E-state index in [2.05, 4.69) is 36.6 Å². The zero-order valence-corrected chi connectivity index (χ0v) is 20.8. The van der Waals surface area contributed by atoms with Gasteiger partial charge in [0.05, 0.1) is 18.7 Å². The first kappa shape index (κ1) is 24.3. The Morgan fingerprint density at radius 3 is 2.52 bits per heavy atom. The van der Waals surface area contributed by atoms with Gasteiger partial charge in [-0.25, -0.2) is 0 Å². The van der Waals surface area contributed by atoms with E-state index in [1.807, 2.05) is 36.4 Å². The van der Waals surface area contributed by atoms with Gasteiger partial charge in [-0.15, -0.1) is 6.58 Å². The van der Waals surface area contributed by atoms with Crippen LogP contribution < -0.4 is 0 Å². The predicted octanol–water partition coefficient (Wildman–Crippen LogP) is 7.45. The fourth-order valence-corrected chi connectivity index (χ4v) is 5.37. The number of piperidine rings is 1. The van der Waals surface area contributed by atoms with Gasteiger partial charge in [-0.2, -0.15) is 0 Å². The van der Waals surface area contributed by atoms with E-state index < -0.39 is 0 Å². The van der Waals surface area contributed by atoms with Crippen LogP contribution in [-0.2, 0) is 9.53 Å². The van der Waals surface area contributed by atoms with Crippen molar-refractivity contribution in [2.75, 3.05) is 13.2 Å². The van der Waals surface area contributed by atoms with Gasteiger partial charge in [-0.3, -0.25) is 4.79 Å². The number of likely N-dealkylation sites (tertiary alicyclic amines) is 1. The minimum absolute atomic E-state index is 0.00577. The molecule has 1 saturated carbocycles. The normalized spacial score (nSPS) is 24.0. The smallest absolute Gasteiger partial charge is 0.226 e. The number of amides is 1. The van der Waals surface area contributed by atoms with E-state index in [-0.39, 0.29) is 29.8 Å². The molecular weight excluding hydrogens is 453 g/mol. The van der Waals surface area contributed by atoms with Gasteiger partial charge < -0.3 is 9.64 Å². The number of carbonyl (C=O) groups excluding carboxylic acids is 1. The van der Waals surface area contributed by atoms with Crippen LogP contribution in [0.5, 0.6) is 0 Å². The second-order valence-corrected chi connectivity index (χ2v) is 10.3. The number of hydrogen-bond donors (Lipinski definition) is 0. The molecule has 2 aliphatic rings. The highest BCUT2D eigenvalue weighted by Gasteiger charge is 2.45. The number of rotatable bonds is 10. The maximum atomic E-state index is 13.9. The van der Waals surface area contributed by atoms with Crippen molar-refractivity contribution in [1.29, 1.82) is 0 Å². The van der Waals surface area contributed by atoms with Crippen LogP contribution in [-0.4, -0.2) is 30.1 Å². The number of allylic oxidation sites excluding steroid dienone is 1. The molecule has 2 aromatic carbocycles. The van der Waals surface area contributed by atoms with E-state index in [4.69, 9.17) is 27.9 Å². The zero-order chi connectivity index (χ0) is 23.4. The number of halogens is 2. The number of benzene rings is 2. The van der Waals surface area contributed by atoms with Gasteiger partial charge in [0.25, 0.3) is 0 Å². The summed E-state index contributed by atoms with van der Waals surface area (Å²) in [6.45, 7) is 7.42. The lowest BCUT2D eigenvalue weighted by molar-refractivity contribution is -0.148. The van der Waals surface area contributed by atoms with Crippen molar-refractivity contribution in [2.45, 2.75) is 57.0 Å². The fourth-order valence-electron chi connectivity index (χ4n) is 5.04. The summed E-state index contributed by atoms with van der Waals surface area (Å²) in [5.41, 5.74) is 2.25. The molecule has 1 aliphatic carbocycles. The van der Waals surface area contributed by atoms with E-state index in [9.17, 15) is 4.79 Å². The fraction of sp³-hybridized carbons (Fsp3) is 0.464. The molecular formula is C28H33Cl2NO2. The average molecular weight is 486 g/mol. The lowest BCUT2D eigenvalue weighted by atomic mass is 9.74. The summed E-state index contributed by atoms with van der Waals surface area (Å²) in [7, 11) is 0. The summed E-state index contributed by atoms with van der Waals surface area (Å²) in [6.07, 6.45) is 6.64. The van der Waals surface area contributed by atoms with Gasteiger partial charge in [0.15, 0.2) is 0 Å². The first-order valence-corrected chi connectivity index (χ1v) is 12.8. The lowest BCUT2D eigenvalue weighted by Gasteiger charge is -2.48. The third kappa shape index (κ3) is 5.82. The van der Waals surface area contributed by atoms with Crippen molar-refractivity contribution < 1.29 is 9.53 Å². The molecule has 3 nitrogen and oxygen atoms in total. The van der Waals surface area contributed by atoms with Gasteiger partial charge in [-0.05, 0) is 73.4 Å². The minimum Gasteiger partial charge on any atom is -0.379 e. The number of nitrogens with zero attached hydrogens (tertiary/aromatic N) is 1. The number of hydrogen-bond acceptors (Lipinski definition) is 2. The summed E-state index contributed by atoms with van der Waals surface area (Å²) in [5, 5.41) is 1.40. The van der Waals surface area contributed by atoms with Crippen molar-refractivity contribution in [3.05, 3.63) is 82.4 Å². The highest BCUT2D eigenvalue weighted by Crippen LogP contribution is 2.47. The van der Waals surface area contributed by atoms with Gasteiger partial charge >= 0.3 is 0 Å². The van der Waals surface area contributed by atoms with Crippen molar-refractivity contribution >= 4 is 29.1 Å². The highest BCUT2D eigenvalue weighted by molar-refractivity contribution is 6.30. The molecule has 0 radical (unpaired) electrons. The van der Waals surface area contributed by atoms with Crippen LogP contribution in [0.2, 0.25) is 10.0 Å². The van der Waals surface area contributed by atoms with Crippen molar-refractivity contribution in [3.8, 4) is 0 Å². The van der Waals surface area contributed by atoms with E-state index in [1.54, 1.807) is 0 Å². The summed E-state index contributed by atoms with van der Waals surface area (Å²) in [6, 6.07) is 15.9. The van der Waals surface area contributed by atoms with Crippen LogP contribution in [0.15, 0.2) is 61.2 Å². The summed E-state index contributed by atoms with van der Waals surface area (Å²) in [4.78, 5) is 16.0. The molecule has 0 spiro atoms. The highest BCUT2D eigenvalue weighted by atomic mass is 35.5. The molecule has 2 aromatic rings. The Morgan fingerprint density at radius 1 is 1.12 bits per heavy atom. The quantitative estimate of drug-likeness (QED) is 0.327. The number of ether oxygens (including phenoxy) is 1. The standard InChI is InChI=1S/C28H33Cl2NO2/c1-3-6-22-16-26(21-7-5-8-24(30)15-21)27(20-11-13-23(29)14-12-20)31(28(22)32)25(4-2)18-33-17-19-9-10-19/h3,5,7-8,11-15,19,22,25-27H,1,4,6,9-10,16-18H2,2H3. The van der Waals surface area contributed by atoms with E-state index >= 15 is 0 Å². The second-order valence-electron chi connectivity index (χ2n) is 9.40. The molecule has 176 valence electrons. The third-order valence-corrected chi connectivity index (χ3v) is 7.47. The van der Waals surface area contributed by atoms with Gasteiger partial charge in [0.1, 0.15) is 0 Å². The van der Waals surface area contributed by atoms with Crippen LogP contribution in [0.3, 0.4) is 0 Å². The first-order chi connectivity index (χ1) is 16.0. The van der Waals surface area contributed by atoms with E-state index in [0.29, 0.717) is 29.0 Å². The molecule has 33 heavy (non-hydrogen) atoms. The Bertz CT molecular complexity index is 957. The van der Waals surface area contributed by atoms with Crippen molar-refractivity contribution in [3.63, 3.8) is 0 Å². The predicted molar refractivity (Wildman–Crippen MR) is 136 cm³/mol. The molecule has 0 aromatic heterocycles. The Hall–Kier alpha value is -1.81. The molecule has 0 N–H and O–H groups in total. The molecule has 4 unspecified atom stereocenters. The molecule has 1 heterocycles. The SMILES string of the molecule is C=CCC1CC(c2cccc(Cl)c2)C(c2ccc(Cl)cc2)N(C(CC)COCC2CC2)C1=O. The van der Waals surface area contributed by atoms with Crippen LogP contribution in [0.1, 0.15) is 62.1 Å². The summed E-state index contributed by atoms with van der Waals surface area (Å²) < 4.78 is 6.11. The monoisotopic (exact) mass is 485 g/mol. The summed E-state index contributed by atoms with van der Waals surface area (Å²) in [5.74, 6) is 0.895. The Labute approximate surface area is 207 Å². The van der Waals surface area contributed by atoms with E-state index in [0.717, 1.165) is 30.6 Å². The molecule has 4 rings (SSSR count). The van der Waals surface area contributed by atoms with Gasteiger partial charge in [0.2, 0.25) is 5.91 Å². The first-order valence-electron chi connectivity index (χ1n) is 12.0. The Balaban J connectivity index is 1.75. The maximum Gasteiger partial charge on any atom is 0.226 e. The van der Waals surface area contributed by atoms with Crippen LogP contribution in [0.25, 0.3) is 0 Å². The molecule has 5 heteroatoms. The van der Waals surface area contributed by atoms with E-state index in [1.165, 1.54) is 12.8 Å². The lowest BCUT2D eigenvalue weighted by Crippen LogP contribution is -2.52. The van der Waals surface area contributed by atoms with Crippen LogP contribution in [0, 0.1) is 11.8 Å². The Morgan fingerprint density at radius 2 is 1.88 bits per heavy atom. The zero-order valence-electron chi connectivity index (χ0n) is 19.3. The largest absolute Gasteiger partial charge is 0.379 e. The van der Waals surface area contributed by atoms with Crippen LogP contribution in [0.4, 0.5) is 0 Å². The maximum absolute atomic E-state index is 13.9. The molecule has 2 fully saturated rings. The van der Waals surface area contributed by atoms with Crippen molar-refractivity contribution in [2.24, 2.45) is 11.8 Å². The molecule has 1 amide bonds. The molecule has 4 atom stereocenters. The van der Waals surface area contributed by atoms with Gasteiger partial charge in [-0.1, -0.05) is 60.5 Å². The van der Waals surface area contributed by atoms with Gasteiger partial charge in [0, 0.05) is 28.5 Å². The summed E-state index contributed by atoms with van der Waals surface area (Å²) >= 11 is 12.6. The molecule has 1 aliphatic heterocycles. The van der Waals surface area contributed by atoms with Crippen LogP contribution >= 0.6 is 23.2 Å². The second kappa shape index (κ2) is 11.1. The average Bonchev–Trinajstić information content (AvgIpc) is 3.63. The van der Waals surface area contributed by atoms with Crippen molar-refractivity contribution in [1.82, 2.24) is 4.90 Å². The Kier molecular flexibility index (Phi) is 8.16. The minimum atomic E-state index is -0.108. The molecule has 1 saturated heterocycles. The third-order valence-electron chi connectivity index (χ3n) is 6.99. The molecule has 0 bridgehead atoms. The number of carbonyl (C=O) groups is 1. The topological polar surface area (TPSA) is 29.5 Å².